The number of carbonyl (C=O) groups excluding carboxylic acids is 3. The van der Waals surface area contributed by atoms with Gasteiger partial charge in [-0.15, -0.1) is 0 Å². The zero-order valence-electron chi connectivity index (χ0n) is 15.9. The van der Waals surface area contributed by atoms with Gasteiger partial charge in [-0.05, 0) is 30.7 Å². The quantitative estimate of drug-likeness (QED) is 0.788. The molecule has 0 aromatic heterocycles. The number of nitrogens with zero attached hydrogens (tertiary/aromatic N) is 1. The topological polar surface area (TPSA) is 78.5 Å². The van der Waals surface area contributed by atoms with Gasteiger partial charge in [-0.3, -0.25) is 14.4 Å². The van der Waals surface area contributed by atoms with Crippen LogP contribution in [0.4, 0.5) is 11.4 Å². The standard InChI is InChI=1S/C21H25N3O3/c1-15-7-9-18(10-8-15)14-24(17(3)26)12-11-21(27)23-20-6-4-5-19(13-20)22-16(2)25/h4-10,13H,11-12,14H2,1-3H3,(H,22,25)(H,23,27). The van der Waals surface area contributed by atoms with Crippen LogP contribution in [0.3, 0.4) is 0 Å². The molecule has 0 aliphatic heterocycles. The van der Waals surface area contributed by atoms with E-state index in [0.29, 0.717) is 24.5 Å². The van der Waals surface area contributed by atoms with Crippen molar-refractivity contribution in [2.24, 2.45) is 0 Å². The zero-order valence-corrected chi connectivity index (χ0v) is 15.9. The molecule has 0 aliphatic rings. The van der Waals surface area contributed by atoms with Gasteiger partial charge in [0.05, 0.1) is 0 Å². The molecule has 0 saturated carbocycles. The molecule has 6 heteroatoms. The molecule has 27 heavy (non-hydrogen) atoms. The second-order valence-corrected chi connectivity index (χ2v) is 6.49. The minimum absolute atomic E-state index is 0.0731. The summed E-state index contributed by atoms with van der Waals surface area (Å²) in [5, 5.41) is 5.46. The van der Waals surface area contributed by atoms with Crippen molar-refractivity contribution in [2.75, 3.05) is 17.2 Å². The Hall–Kier alpha value is -3.15. The van der Waals surface area contributed by atoms with Crippen LogP contribution in [0.15, 0.2) is 48.5 Å². The molecule has 0 unspecified atom stereocenters. The molecule has 6 nitrogen and oxygen atoms in total. The number of rotatable bonds is 7. The average Bonchev–Trinajstić information content (AvgIpc) is 2.59. The van der Waals surface area contributed by atoms with E-state index in [9.17, 15) is 14.4 Å². The predicted octanol–water partition coefficient (Wildman–Crippen LogP) is 3.33. The number of nitrogens with one attached hydrogen (secondary N) is 2. The number of anilines is 2. The highest BCUT2D eigenvalue weighted by atomic mass is 16.2. The predicted molar refractivity (Wildman–Crippen MR) is 106 cm³/mol. The van der Waals surface area contributed by atoms with Crippen LogP contribution in [-0.2, 0) is 20.9 Å². The van der Waals surface area contributed by atoms with Crippen LogP contribution in [0, 0.1) is 6.92 Å². The van der Waals surface area contributed by atoms with E-state index in [1.165, 1.54) is 13.8 Å². The van der Waals surface area contributed by atoms with Crippen molar-refractivity contribution in [2.45, 2.75) is 33.7 Å². The fraction of sp³-hybridized carbons (Fsp3) is 0.286. The highest BCUT2D eigenvalue weighted by molar-refractivity contribution is 5.93. The smallest absolute Gasteiger partial charge is 0.226 e. The van der Waals surface area contributed by atoms with E-state index < -0.39 is 0 Å². The minimum Gasteiger partial charge on any atom is -0.338 e. The summed E-state index contributed by atoms with van der Waals surface area (Å²) in [5.74, 6) is -0.437. The van der Waals surface area contributed by atoms with Crippen LogP contribution >= 0.6 is 0 Å². The van der Waals surface area contributed by atoms with Crippen molar-refractivity contribution >= 4 is 29.1 Å². The van der Waals surface area contributed by atoms with Gasteiger partial charge in [0.15, 0.2) is 0 Å². The molecule has 2 aromatic rings. The Morgan fingerprint density at radius 1 is 0.926 bits per heavy atom. The molecule has 142 valence electrons. The van der Waals surface area contributed by atoms with Crippen LogP contribution in [0.25, 0.3) is 0 Å². The molecule has 0 spiro atoms. The van der Waals surface area contributed by atoms with Crippen molar-refractivity contribution in [3.05, 3.63) is 59.7 Å². The van der Waals surface area contributed by atoms with Crippen molar-refractivity contribution < 1.29 is 14.4 Å². The SMILES string of the molecule is CC(=O)Nc1cccc(NC(=O)CCN(Cc2ccc(C)cc2)C(C)=O)c1. The van der Waals surface area contributed by atoms with Gasteiger partial charge >= 0.3 is 0 Å². The van der Waals surface area contributed by atoms with E-state index in [1.807, 2.05) is 31.2 Å². The Labute approximate surface area is 159 Å². The lowest BCUT2D eigenvalue weighted by Gasteiger charge is -2.21. The number of amides is 3. The molecule has 0 atom stereocenters. The number of hydrogen-bond acceptors (Lipinski definition) is 3. The maximum Gasteiger partial charge on any atom is 0.226 e. The van der Waals surface area contributed by atoms with E-state index >= 15 is 0 Å². The highest BCUT2D eigenvalue weighted by Gasteiger charge is 2.12. The van der Waals surface area contributed by atoms with E-state index in [0.717, 1.165) is 11.1 Å². The van der Waals surface area contributed by atoms with Crippen LogP contribution in [0.1, 0.15) is 31.4 Å². The summed E-state index contributed by atoms with van der Waals surface area (Å²) < 4.78 is 0. The normalized spacial score (nSPS) is 10.2. The Bertz CT molecular complexity index is 816. The van der Waals surface area contributed by atoms with Crippen LogP contribution in [0.2, 0.25) is 0 Å². The summed E-state index contributed by atoms with van der Waals surface area (Å²) >= 11 is 0. The van der Waals surface area contributed by atoms with E-state index in [-0.39, 0.29) is 24.1 Å². The van der Waals surface area contributed by atoms with Crippen molar-refractivity contribution in [3.63, 3.8) is 0 Å². The third-order valence-corrected chi connectivity index (χ3v) is 4.01. The Morgan fingerprint density at radius 2 is 1.56 bits per heavy atom. The summed E-state index contributed by atoms with van der Waals surface area (Å²) in [7, 11) is 0. The maximum atomic E-state index is 12.2. The van der Waals surface area contributed by atoms with E-state index in [1.54, 1.807) is 29.2 Å². The Morgan fingerprint density at radius 3 is 2.15 bits per heavy atom. The molecule has 0 saturated heterocycles. The lowest BCUT2D eigenvalue weighted by molar-refractivity contribution is -0.130. The number of carbonyl (C=O) groups is 3. The average molecular weight is 367 g/mol. The third kappa shape index (κ3) is 6.93. The molecular weight excluding hydrogens is 342 g/mol. The van der Waals surface area contributed by atoms with Crippen molar-refractivity contribution in [3.8, 4) is 0 Å². The number of hydrogen-bond donors (Lipinski definition) is 2. The molecule has 0 aliphatic carbocycles. The van der Waals surface area contributed by atoms with Gasteiger partial charge in [0, 0.05) is 44.7 Å². The first-order valence-corrected chi connectivity index (χ1v) is 8.82. The van der Waals surface area contributed by atoms with Gasteiger partial charge in [-0.1, -0.05) is 35.9 Å². The molecule has 0 heterocycles. The molecule has 3 amide bonds. The molecule has 0 fully saturated rings. The second-order valence-electron chi connectivity index (χ2n) is 6.49. The summed E-state index contributed by atoms with van der Waals surface area (Å²) in [4.78, 5) is 36.9. The van der Waals surface area contributed by atoms with Crippen LogP contribution in [0.5, 0.6) is 0 Å². The van der Waals surface area contributed by atoms with Gasteiger partial charge in [0.2, 0.25) is 17.7 Å². The number of aryl methyl sites for hydroxylation is 1. The first-order valence-electron chi connectivity index (χ1n) is 8.82. The summed E-state index contributed by atoms with van der Waals surface area (Å²) in [6, 6.07) is 14.9. The van der Waals surface area contributed by atoms with Crippen LogP contribution < -0.4 is 10.6 Å². The van der Waals surface area contributed by atoms with Crippen LogP contribution in [-0.4, -0.2) is 29.2 Å². The lowest BCUT2D eigenvalue weighted by Crippen LogP contribution is -2.31. The molecule has 2 N–H and O–H groups in total. The fourth-order valence-electron chi connectivity index (χ4n) is 2.60. The van der Waals surface area contributed by atoms with Crippen molar-refractivity contribution in [1.82, 2.24) is 4.90 Å². The van der Waals surface area contributed by atoms with Gasteiger partial charge in [0.25, 0.3) is 0 Å². The van der Waals surface area contributed by atoms with Gasteiger partial charge in [-0.25, -0.2) is 0 Å². The summed E-state index contributed by atoms with van der Waals surface area (Å²) in [5.41, 5.74) is 3.40. The summed E-state index contributed by atoms with van der Waals surface area (Å²) in [6.45, 7) is 5.75. The van der Waals surface area contributed by atoms with Gasteiger partial charge in [0.1, 0.15) is 0 Å². The lowest BCUT2D eigenvalue weighted by atomic mass is 10.1. The van der Waals surface area contributed by atoms with Gasteiger partial charge < -0.3 is 15.5 Å². The Balaban J connectivity index is 1.91. The monoisotopic (exact) mass is 367 g/mol. The third-order valence-electron chi connectivity index (χ3n) is 4.01. The molecule has 2 aromatic carbocycles. The Kier molecular flexibility index (Phi) is 7.11. The first-order chi connectivity index (χ1) is 12.8. The maximum absolute atomic E-state index is 12.2. The largest absolute Gasteiger partial charge is 0.338 e. The summed E-state index contributed by atoms with van der Waals surface area (Å²) in [6.07, 6.45) is 0.190. The minimum atomic E-state index is -0.190. The van der Waals surface area contributed by atoms with E-state index in [2.05, 4.69) is 10.6 Å². The van der Waals surface area contributed by atoms with E-state index in [4.69, 9.17) is 0 Å². The molecular formula is C21H25N3O3. The molecule has 2 rings (SSSR count). The number of benzene rings is 2. The molecule has 0 bridgehead atoms. The highest BCUT2D eigenvalue weighted by Crippen LogP contribution is 2.15. The fourth-order valence-corrected chi connectivity index (χ4v) is 2.60. The zero-order chi connectivity index (χ0) is 19.8. The second kappa shape index (κ2) is 9.52. The van der Waals surface area contributed by atoms with Crippen molar-refractivity contribution in [1.29, 1.82) is 0 Å². The molecule has 0 radical (unpaired) electrons. The first kappa shape index (κ1) is 20.2. The van der Waals surface area contributed by atoms with Gasteiger partial charge in [-0.2, -0.15) is 0 Å².